The van der Waals surface area contributed by atoms with Crippen molar-refractivity contribution in [3.63, 3.8) is 0 Å². The van der Waals surface area contributed by atoms with Crippen LogP contribution in [0.5, 0.6) is 0 Å². The van der Waals surface area contributed by atoms with Crippen LogP contribution in [0, 0.1) is 0 Å². The highest BCUT2D eigenvalue weighted by molar-refractivity contribution is 7.29. The van der Waals surface area contributed by atoms with Crippen molar-refractivity contribution in [2.45, 2.75) is 148 Å². The molecule has 1 aliphatic heterocycles. The summed E-state index contributed by atoms with van der Waals surface area (Å²) in [6, 6.07) is 52.7. The van der Waals surface area contributed by atoms with E-state index in [4.69, 9.17) is 0 Å². The van der Waals surface area contributed by atoms with Crippen LogP contribution in [-0.2, 0) is 32.5 Å². The molecular weight excluding hydrogens is 980 g/mol. The van der Waals surface area contributed by atoms with Crippen LogP contribution in [0.4, 0.5) is 11.4 Å². The number of fused-ring (bicyclic) bond motifs is 16. The molecule has 3 aliphatic carbocycles. The van der Waals surface area contributed by atoms with Gasteiger partial charge in [-0.3, -0.25) is 0 Å². The Balaban J connectivity index is 1.10. The van der Waals surface area contributed by atoms with E-state index in [1.54, 1.807) is 0 Å². The summed E-state index contributed by atoms with van der Waals surface area (Å²) in [6.45, 7) is 31.8. The van der Waals surface area contributed by atoms with E-state index in [1.807, 2.05) is 22.7 Å². The monoisotopic (exact) mass is 1050 g/mol. The minimum Gasteiger partial charge on any atom is -0.355 e. The molecule has 4 aliphatic rings. The lowest BCUT2D eigenvalue weighted by molar-refractivity contribution is 0.331. The standard InChI is InChI=1S/C73H71BN2S2/c1-68(2,3)42-24-26-43(27-25-42)75-56-38-51-45(46-35-52-54(37-50(46)73(51,12)13)71(8,9)31-29-69(52,4)5)34-47(56)60-61-44-21-17-18-22-58(44)77-66(61)62-48-36-53-55(72(10,11)32-30-70(53,6)7)39-57(48)76-64-49-33-41(40-19-15-14-16-20-40)23-28-59(49)78-67(64)74-63(60)65(62)76/h14-28,33-39,74-75H,29-32H2,1-13H3. The topological polar surface area (TPSA) is 17.0 Å². The summed E-state index contributed by atoms with van der Waals surface area (Å²) in [5.41, 5.74) is 26.3. The minimum atomic E-state index is -0.206. The number of hydrogen-bond acceptors (Lipinski definition) is 3. The Hall–Kier alpha value is -6.40. The molecule has 3 aromatic heterocycles. The van der Waals surface area contributed by atoms with Gasteiger partial charge in [0.25, 0.3) is 0 Å². The largest absolute Gasteiger partial charge is 0.355 e. The molecule has 15 rings (SSSR count). The molecule has 1 N–H and O–H groups in total. The Labute approximate surface area is 470 Å². The zero-order valence-corrected chi connectivity index (χ0v) is 49.6. The molecule has 4 heterocycles. The second-order valence-corrected chi connectivity index (χ2v) is 30.4. The Kier molecular flexibility index (Phi) is 9.94. The molecule has 0 amide bonds. The number of rotatable bonds is 4. The molecule has 0 saturated carbocycles. The first kappa shape index (κ1) is 48.7. The third kappa shape index (κ3) is 6.79. The van der Waals surface area contributed by atoms with Crippen LogP contribution in [-0.4, -0.2) is 11.8 Å². The van der Waals surface area contributed by atoms with Crippen LogP contribution in [0.15, 0.2) is 133 Å². The number of anilines is 2. The van der Waals surface area contributed by atoms with Gasteiger partial charge in [0.05, 0.1) is 16.7 Å². The molecule has 8 aromatic carbocycles. The summed E-state index contributed by atoms with van der Waals surface area (Å²) < 4.78 is 8.32. The Morgan fingerprint density at radius 1 is 0.500 bits per heavy atom. The van der Waals surface area contributed by atoms with Gasteiger partial charge in [0.1, 0.15) is 0 Å². The van der Waals surface area contributed by atoms with Crippen molar-refractivity contribution in [2.24, 2.45) is 0 Å². The molecule has 5 heteroatoms. The molecule has 0 saturated heterocycles. The van der Waals surface area contributed by atoms with Gasteiger partial charge < -0.3 is 9.88 Å². The maximum absolute atomic E-state index is 4.21. The lowest BCUT2D eigenvalue weighted by Gasteiger charge is -2.42. The fourth-order valence-corrected chi connectivity index (χ4v) is 17.6. The maximum Gasteiger partial charge on any atom is 0.211 e. The smallest absolute Gasteiger partial charge is 0.211 e. The number of aromatic nitrogens is 1. The highest BCUT2D eigenvalue weighted by Crippen LogP contribution is 2.58. The first-order valence-corrected chi connectivity index (χ1v) is 30.5. The highest BCUT2D eigenvalue weighted by Gasteiger charge is 2.45. The maximum atomic E-state index is 4.21. The minimum absolute atomic E-state index is 0.0513. The average molecular weight is 1050 g/mol. The van der Waals surface area contributed by atoms with E-state index >= 15 is 0 Å². The van der Waals surface area contributed by atoms with Gasteiger partial charge in [-0.05, 0) is 190 Å². The molecule has 11 aromatic rings. The quantitative estimate of drug-likeness (QED) is 0.174. The van der Waals surface area contributed by atoms with Crippen LogP contribution in [0.3, 0.4) is 0 Å². The van der Waals surface area contributed by atoms with Crippen molar-refractivity contribution in [3.05, 3.63) is 172 Å². The van der Waals surface area contributed by atoms with Gasteiger partial charge in [-0.25, -0.2) is 0 Å². The van der Waals surface area contributed by atoms with E-state index in [9.17, 15) is 0 Å². The van der Waals surface area contributed by atoms with Crippen molar-refractivity contribution in [3.8, 4) is 39.1 Å². The summed E-state index contributed by atoms with van der Waals surface area (Å²) >= 11 is 4.01. The van der Waals surface area contributed by atoms with E-state index in [1.165, 1.54) is 172 Å². The van der Waals surface area contributed by atoms with Crippen molar-refractivity contribution < 1.29 is 0 Å². The Morgan fingerprint density at radius 2 is 1.10 bits per heavy atom. The molecule has 0 spiro atoms. The second kappa shape index (κ2) is 15.9. The van der Waals surface area contributed by atoms with Crippen molar-refractivity contribution >= 4 is 104 Å². The normalized spacial score (nSPS) is 18.0. The van der Waals surface area contributed by atoms with E-state index in [0.29, 0.717) is 0 Å². The first-order chi connectivity index (χ1) is 37.0. The summed E-state index contributed by atoms with van der Waals surface area (Å²) in [5, 5.41) is 11.1. The third-order valence-corrected chi connectivity index (χ3v) is 22.4. The van der Waals surface area contributed by atoms with Gasteiger partial charge in [0.15, 0.2) is 0 Å². The Bertz CT molecular complexity index is 4430. The zero-order valence-electron chi connectivity index (χ0n) is 48.0. The molecule has 0 radical (unpaired) electrons. The number of thiophene rings is 2. The SMILES string of the molecule is CC(C)(C)c1ccc(Nc2cc3c(cc2-c2c4c5c(c6cc7c(cc6n5-c5c(sc6ccc(-c8ccccc8)cc56)B4)C(C)(C)CCC7(C)C)c4sc5ccccc5c24)-c2cc4c(cc2C3(C)C)C(C)(C)CCC4(C)C)cc1. The molecule has 0 fully saturated rings. The van der Waals surface area contributed by atoms with E-state index in [-0.39, 0.29) is 32.5 Å². The number of benzene rings is 8. The van der Waals surface area contributed by atoms with Gasteiger partial charge in [-0.2, -0.15) is 0 Å². The summed E-state index contributed by atoms with van der Waals surface area (Å²) in [7, 11) is 0.851. The predicted molar refractivity (Wildman–Crippen MR) is 343 cm³/mol. The van der Waals surface area contributed by atoms with Crippen LogP contribution in [0.25, 0.3) is 91.1 Å². The molecule has 2 nitrogen and oxygen atoms in total. The fraction of sp³-hybridized carbons (Fsp3) is 0.315. The summed E-state index contributed by atoms with van der Waals surface area (Å²) in [6.07, 6.45) is 4.74. The van der Waals surface area contributed by atoms with Crippen molar-refractivity contribution in [1.82, 2.24) is 4.57 Å². The highest BCUT2D eigenvalue weighted by atomic mass is 32.1. The number of hydrogen-bond donors (Lipinski definition) is 1. The lowest BCUT2D eigenvalue weighted by Crippen LogP contribution is -2.35. The van der Waals surface area contributed by atoms with Gasteiger partial charge in [-0.15, -0.1) is 22.7 Å². The average Bonchev–Trinajstić information content (AvgIpc) is 3.26. The van der Waals surface area contributed by atoms with Crippen LogP contribution < -0.4 is 15.6 Å². The molecule has 0 unspecified atom stereocenters. The molecule has 0 atom stereocenters. The summed E-state index contributed by atoms with van der Waals surface area (Å²) in [5.74, 6) is 0. The van der Waals surface area contributed by atoms with E-state index < -0.39 is 0 Å². The van der Waals surface area contributed by atoms with Crippen molar-refractivity contribution in [2.75, 3.05) is 5.32 Å². The predicted octanol–water partition coefficient (Wildman–Crippen LogP) is 19.4. The van der Waals surface area contributed by atoms with Gasteiger partial charge >= 0.3 is 0 Å². The number of nitrogens with one attached hydrogen (secondary N) is 1. The lowest BCUT2D eigenvalue weighted by atomic mass is 9.62. The first-order valence-electron chi connectivity index (χ1n) is 28.9. The van der Waals surface area contributed by atoms with Crippen LogP contribution in [0.2, 0.25) is 0 Å². The van der Waals surface area contributed by atoms with Gasteiger partial charge in [-0.1, -0.05) is 163 Å². The fourth-order valence-electron chi connectivity index (χ4n) is 15.1. The molecule has 78 heavy (non-hydrogen) atoms. The molecule has 0 bridgehead atoms. The van der Waals surface area contributed by atoms with E-state index in [2.05, 4.69) is 233 Å². The second-order valence-electron chi connectivity index (χ2n) is 28.3. The number of nitrogens with zero attached hydrogens (tertiary/aromatic N) is 1. The van der Waals surface area contributed by atoms with Crippen molar-refractivity contribution in [1.29, 1.82) is 0 Å². The third-order valence-electron chi connectivity index (χ3n) is 20.1. The Morgan fingerprint density at radius 3 is 1.79 bits per heavy atom. The van der Waals surface area contributed by atoms with Gasteiger partial charge in [0, 0.05) is 63.4 Å². The van der Waals surface area contributed by atoms with E-state index in [0.717, 1.165) is 13.0 Å². The molecular formula is C73H71BN2S2. The molecule has 388 valence electrons. The van der Waals surface area contributed by atoms with Gasteiger partial charge in [0.2, 0.25) is 7.28 Å². The zero-order chi connectivity index (χ0) is 54.0. The summed E-state index contributed by atoms with van der Waals surface area (Å²) in [4.78, 5) is 0. The van der Waals surface area contributed by atoms with Crippen LogP contribution >= 0.6 is 22.7 Å². The van der Waals surface area contributed by atoms with Crippen LogP contribution in [0.1, 0.15) is 155 Å².